The molecular formula is C8H7N3O. The van der Waals surface area contributed by atoms with Gasteiger partial charge in [0.1, 0.15) is 5.75 Å². The van der Waals surface area contributed by atoms with E-state index in [1.807, 2.05) is 6.07 Å². The number of phenolic OH excluding ortho intramolecular Hbond substituents is 1. The second-order valence-electron chi connectivity index (χ2n) is 2.37. The van der Waals surface area contributed by atoms with Crippen LogP contribution in [0.4, 0.5) is 0 Å². The fraction of sp³-hybridized carbons (Fsp3) is 0. The normalized spacial score (nSPS) is 10.0. The molecule has 2 aromatic rings. The number of rotatable bonds is 1. The first-order valence-electron chi connectivity index (χ1n) is 3.52. The summed E-state index contributed by atoms with van der Waals surface area (Å²) in [7, 11) is 0. The van der Waals surface area contributed by atoms with Gasteiger partial charge in [-0.05, 0) is 12.1 Å². The highest BCUT2D eigenvalue weighted by Gasteiger charge is 1.96. The quantitative estimate of drug-likeness (QED) is 0.678. The molecule has 0 unspecified atom stereocenters. The number of hydrogen-bond donors (Lipinski definition) is 1. The van der Waals surface area contributed by atoms with Gasteiger partial charge in [0.15, 0.2) is 0 Å². The van der Waals surface area contributed by atoms with E-state index in [4.69, 9.17) is 5.11 Å². The molecule has 0 aliphatic heterocycles. The lowest BCUT2D eigenvalue weighted by atomic mass is 10.3. The number of phenols is 1. The minimum absolute atomic E-state index is 0.225. The lowest BCUT2D eigenvalue weighted by molar-refractivity contribution is 0.474. The maximum atomic E-state index is 9.15. The SMILES string of the molecule is Oc1cccc(-n2ccnn2)c1. The van der Waals surface area contributed by atoms with Gasteiger partial charge in [0.2, 0.25) is 0 Å². The van der Waals surface area contributed by atoms with Crippen molar-refractivity contribution in [2.75, 3.05) is 0 Å². The summed E-state index contributed by atoms with van der Waals surface area (Å²) in [6.45, 7) is 0. The first-order chi connectivity index (χ1) is 5.86. The van der Waals surface area contributed by atoms with E-state index in [1.165, 1.54) is 0 Å². The number of aromatic hydroxyl groups is 1. The van der Waals surface area contributed by atoms with Gasteiger partial charge in [-0.15, -0.1) is 5.10 Å². The Morgan fingerprint density at radius 1 is 1.33 bits per heavy atom. The van der Waals surface area contributed by atoms with Crippen LogP contribution >= 0.6 is 0 Å². The van der Waals surface area contributed by atoms with Crippen LogP contribution < -0.4 is 0 Å². The van der Waals surface area contributed by atoms with Crippen molar-refractivity contribution in [2.45, 2.75) is 0 Å². The van der Waals surface area contributed by atoms with Gasteiger partial charge in [-0.2, -0.15) is 0 Å². The molecule has 1 aromatic heterocycles. The number of nitrogens with zero attached hydrogens (tertiary/aromatic N) is 3. The van der Waals surface area contributed by atoms with E-state index in [2.05, 4.69) is 10.3 Å². The summed E-state index contributed by atoms with van der Waals surface area (Å²) in [5.41, 5.74) is 0.799. The summed E-state index contributed by atoms with van der Waals surface area (Å²) in [4.78, 5) is 0. The third-order valence-corrected chi connectivity index (χ3v) is 1.52. The van der Waals surface area contributed by atoms with Crippen molar-refractivity contribution in [3.8, 4) is 11.4 Å². The lowest BCUT2D eigenvalue weighted by Gasteiger charge is -1.98. The minimum Gasteiger partial charge on any atom is -0.508 e. The van der Waals surface area contributed by atoms with Crippen molar-refractivity contribution < 1.29 is 5.11 Å². The summed E-state index contributed by atoms with van der Waals surface area (Å²) < 4.78 is 1.58. The van der Waals surface area contributed by atoms with Gasteiger partial charge in [-0.1, -0.05) is 11.3 Å². The molecule has 0 aliphatic rings. The number of aromatic nitrogens is 3. The zero-order valence-electron chi connectivity index (χ0n) is 6.25. The Bertz CT molecular complexity index is 370. The second kappa shape index (κ2) is 2.65. The summed E-state index contributed by atoms with van der Waals surface area (Å²) in [6.07, 6.45) is 3.30. The Hall–Kier alpha value is -1.84. The van der Waals surface area contributed by atoms with Crippen molar-refractivity contribution in [1.82, 2.24) is 15.0 Å². The smallest absolute Gasteiger partial charge is 0.117 e. The van der Waals surface area contributed by atoms with Crippen LogP contribution in [0.2, 0.25) is 0 Å². The largest absolute Gasteiger partial charge is 0.508 e. The first-order valence-corrected chi connectivity index (χ1v) is 3.52. The van der Waals surface area contributed by atoms with E-state index in [0.717, 1.165) is 5.69 Å². The maximum absolute atomic E-state index is 9.15. The van der Waals surface area contributed by atoms with Crippen LogP contribution in [0.5, 0.6) is 5.75 Å². The van der Waals surface area contributed by atoms with Gasteiger partial charge in [-0.3, -0.25) is 0 Å². The molecule has 0 radical (unpaired) electrons. The average Bonchev–Trinajstić information content (AvgIpc) is 2.56. The zero-order valence-corrected chi connectivity index (χ0v) is 6.25. The molecular weight excluding hydrogens is 154 g/mol. The molecule has 0 bridgehead atoms. The van der Waals surface area contributed by atoms with Crippen LogP contribution in [0.1, 0.15) is 0 Å². The Balaban J connectivity index is 2.48. The lowest BCUT2D eigenvalue weighted by Crippen LogP contribution is -1.93. The summed E-state index contributed by atoms with van der Waals surface area (Å²) >= 11 is 0. The fourth-order valence-corrected chi connectivity index (χ4v) is 0.981. The summed E-state index contributed by atoms with van der Waals surface area (Å²) in [6, 6.07) is 6.83. The second-order valence-corrected chi connectivity index (χ2v) is 2.37. The topological polar surface area (TPSA) is 50.9 Å². The van der Waals surface area contributed by atoms with Gasteiger partial charge in [0.25, 0.3) is 0 Å². The standard InChI is InChI=1S/C8H7N3O/c12-8-3-1-2-7(6-8)11-5-4-9-10-11/h1-6,12H. The van der Waals surface area contributed by atoms with E-state index >= 15 is 0 Å². The Morgan fingerprint density at radius 3 is 2.92 bits per heavy atom. The molecule has 12 heavy (non-hydrogen) atoms. The monoisotopic (exact) mass is 161 g/mol. The minimum atomic E-state index is 0.225. The fourth-order valence-electron chi connectivity index (χ4n) is 0.981. The average molecular weight is 161 g/mol. The number of benzene rings is 1. The molecule has 2 rings (SSSR count). The molecule has 0 fully saturated rings. The van der Waals surface area contributed by atoms with Crippen molar-refractivity contribution >= 4 is 0 Å². The molecule has 0 saturated heterocycles. The van der Waals surface area contributed by atoms with Crippen molar-refractivity contribution in [2.24, 2.45) is 0 Å². The third kappa shape index (κ3) is 1.14. The molecule has 0 aliphatic carbocycles. The van der Waals surface area contributed by atoms with E-state index < -0.39 is 0 Å². The Morgan fingerprint density at radius 2 is 2.25 bits per heavy atom. The molecule has 1 aromatic carbocycles. The highest BCUT2D eigenvalue weighted by Crippen LogP contribution is 2.13. The van der Waals surface area contributed by atoms with E-state index in [0.29, 0.717) is 0 Å². The van der Waals surface area contributed by atoms with Crippen LogP contribution in [-0.4, -0.2) is 20.1 Å². The molecule has 4 nitrogen and oxygen atoms in total. The van der Waals surface area contributed by atoms with E-state index in [9.17, 15) is 0 Å². The predicted molar refractivity (Wildman–Crippen MR) is 43.0 cm³/mol. The van der Waals surface area contributed by atoms with Crippen LogP contribution in [0, 0.1) is 0 Å². The van der Waals surface area contributed by atoms with Crippen molar-refractivity contribution in [3.63, 3.8) is 0 Å². The molecule has 1 N–H and O–H groups in total. The van der Waals surface area contributed by atoms with Gasteiger partial charge >= 0.3 is 0 Å². The van der Waals surface area contributed by atoms with Crippen LogP contribution in [-0.2, 0) is 0 Å². The molecule has 0 atom stereocenters. The molecule has 0 amide bonds. The van der Waals surface area contributed by atoms with E-state index in [1.54, 1.807) is 35.3 Å². The predicted octanol–water partition coefficient (Wildman–Crippen LogP) is 0.973. The molecule has 0 spiro atoms. The van der Waals surface area contributed by atoms with Crippen LogP contribution in [0.25, 0.3) is 5.69 Å². The van der Waals surface area contributed by atoms with Crippen LogP contribution in [0.15, 0.2) is 36.7 Å². The Labute approximate surface area is 69.1 Å². The molecule has 1 heterocycles. The van der Waals surface area contributed by atoms with Gasteiger partial charge in [-0.25, -0.2) is 4.68 Å². The van der Waals surface area contributed by atoms with Crippen molar-refractivity contribution in [1.29, 1.82) is 0 Å². The van der Waals surface area contributed by atoms with Crippen LogP contribution in [0.3, 0.4) is 0 Å². The Kier molecular flexibility index (Phi) is 1.51. The molecule has 4 heteroatoms. The van der Waals surface area contributed by atoms with Gasteiger partial charge in [0, 0.05) is 6.07 Å². The molecule has 60 valence electrons. The maximum Gasteiger partial charge on any atom is 0.117 e. The zero-order chi connectivity index (χ0) is 8.39. The molecule has 0 saturated carbocycles. The highest BCUT2D eigenvalue weighted by molar-refractivity contribution is 5.37. The first kappa shape index (κ1) is 6.84. The van der Waals surface area contributed by atoms with Crippen molar-refractivity contribution in [3.05, 3.63) is 36.7 Å². The third-order valence-electron chi connectivity index (χ3n) is 1.52. The highest BCUT2D eigenvalue weighted by atomic mass is 16.3. The summed E-state index contributed by atoms with van der Waals surface area (Å²) in [5, 5.41) is 16.6. The number of hydrogen-bond acceptors (Lipinski definition) is 3. The van der Waals surface area contributed by atoms with Gasteiger partial charge in [0.05, 0.1) is 18.1 Å². The van der Waals surface area contributed by atoms with E-state index in [-0.39, 0.29) is 5.75 Å². The van der Waals surface area contributed by atoms with Gasteiger partial charge < -0.3 is 5.11 Å². The summed E-state index contributed by atoms with van der Waals surface area (Å²) in [5.74, 6) is 0.225.